The molecule has 3 aromatic heterocycles. The van der Waals surface area contributed by atoms with Gasteiger partial charge < -0.3 is 14.9 Å². The van der Waals surface area contributed by atoms with Crippen LogP contribution in [0.15, 0.2) is 54.0 Å². The zero-order chi connectivity index (χ0) is 29.6. The molecule has 212 valence electrons. The number of pyridine rings is 2. The normalized spacial score (nSPS) is 15.5. The molecule has 11 heteroatoms. The SMILES string of the molecule is C=CC(=O)N1CCN(c2nc(=O)n(-c3c(C)ccnc3C(C)C)c3cc(-c4c(O)cccc4F)c(F)nc23)[C@@H](C)C1. The van der Waals surface area contributed by atoms with Crippen LogP contribution in [0.25, 0.3) is 27.8 Å². The van der Waals surface area contributed by atoms with Crippen LogP contribution in [0.1, 0.15) is 37.9 Å². The molecular formula is C30H30F2N6O3. The fourth-order valence-corrected chi connectivity index (χ4v) is 5.37. The number of amides is 1. The fourth-order valence-electron chi connectivity index (χ4n) is 5.37. The zero-order valence-corrected chi connectivity index (χ0v) is 23.2. The molecule has 1 amide bonds. The van der Waals surface area contributed by atoms with Gasteiger partial charge in [-0.05, 0) is 55.7 Å². The predicted octanol–water partition coefficient (Wildman–Crippen LogP) is 4.48. The van der Waals surface area contributed by atoms with Crippen molar-refractivity contribution in [1.82, 2.24) is 24.4 Å². The summed E-state index contributed by atoms with van der Waals surface area (Å²) >= 11 is 0. The van der Waals surface area contributed by atoms with E-state index in [1.54, 1.807) is 17.2 Å². The highest BCUT2D eigenvalue weighted by Gasteiger charge is 2.31. The van der Waals surface area contributed by atoms with Gasteiger partial charge in [-0.2, -0.15) is 9.37 Å². The van der Waals surface area contributed by atoms with Gasteiger partial charge in [0.15, 0.2) is 5.82 Å². The molecule has 41 heavy (non-hydrogen) atoms. The Morgan fingerprint density at radius 2 is 1.95 bits per heavy atom. The second-order valence-corrected chi connectivity index (χ2v) is 10.4. The molecule has 4 heterocycles. The van der Waals surface area contributed by atoms with E-state index in [9.17, 15) is 19.1 Å². The van der Waals surface area contributed by atoms with E-state index in [1.165, 1.54) is 28.8 Å². The highest BCUT2D eigenvalue weighted by Crippen LogP contribution is 2.37. The van der Waals surface area contributed by atoms with Crippen LogP contribution in [0.2, 0.25) is 0 Å². The van der Waals surface area contributed by atoms with Gasteiger partial charge in [0.05, 0.1) is 22.5 Å². The minimum absolute atomic E-state index is 0.0782. The lowest BCUT2D eigenvalue weighted by molar-refractivity contribution is -0.126. The Balaban J connectivity index is 1.83. The first-order valence-electron chi connectivity index (χ1n) is 13.3. The predicted molar refractivity (Wildman–Crippen MR) is 152 cm³/mol. The van der Waals surface area contributed by atoms with Crippen molar-refractivity contribution >= 4 is 22.8 Å². The maximum Gasteiger partial charge on any atom is 0.354 e. The zero-order valence-electron chi connectivity index (χ0n) is 23.2. The van der Waals surface area contributed by atoms with Crippen LogP contribution in [-0.4, -0.2) is 61.1 Å². The molecule has 0 spiro atoms. The molecule has 4 aromatic rings. The number of hydrogen-bond acceptors (Lipinski definition) is 7. The van der Waals surface area contributed by atoms with Gasteiger partial charge in [0, 0.05) is 37.4 Å². The molecule has 1 saturated heterocycles. The fraction of sp³-hybridized carbons (Fsp3) is 0.300. The third-order valence-corrected chi connectivity index (χ3v) is 7.37. The Labute approximate surface area is 235 Å². The molecule has 1 aliphatic rings. The van der Waals surface area contributed by atoms with Crippen LogP contribution >= 0.6 is 0 Å². The maximum atomic E-state index is 15.7. The highest BCUT2D eigenvalue weighted by atomic mass is 19.1. The van der Waals surface area contributed by atoms with E-state index in [2.05, 4.69) is 21.5 Å². The second kappa shape index (κ2) is 10.7. The quantitative estimate of drug-likeness (QED) is 0.284. The molecule has 1 fully saturated rings. The summed E-state index contributed by atoms with van der Waals surface area (Å²) < 4.78 is 32.0. The van der Waals surface area contributed by atoms with Crippen LogP contribution in [0, 0.1) is 18.7 Å². The Hall–Kier alpha value is -4.67. The van der Waals surface area contributed by atoms with E-state index in [1.807, 2.05) is 32.6 Å². The highest BCUT2D eigenvalue weighted by molar-refractivity contribution is 5.91. The van der Waals surface area contributed by atoms with Crippen LogP contribution < -0.4 is 10.6 Å². The standard InChI is InChI=1S/C30H30F2N6O3/c1-6-23(40)36-12-13-37(18(5)15-36)29-26-21(14-19(28(32)34-26)24-20(31)8-7-9-22(24)39)38(30(41)35-29)27-17(4)10-11-33-25(27)16(2)3/h6-11,14,16,18,39H,1,12-13,15H2,2-5H3/t18-/m0/s1. The summed E-state index contributed by atoms with van der Waals surface area (Å²) in [7, 11) is 0. The molecule has 1 N–H and O–H groups in total. The summed E-state index contributed by atoms with van der Waals surface area (Å²) in [6, 6.07) is 6.46. The summed E-state index contributed by atoms with van der Waals surface area (Å²) in [6.07, 6.45) is 2.89. The van der Waals surface area contributed by atoms with Crippen molar-refractivity contribution in [2.45, 2.75) is 39.7 Å². The number of aryl methyl sites for hydroxylation is 1. The van der Waals surface area contributed by atoms with Crippen LogP contribution in [-0.2, 0) is 4.79 Å². The van der Waals surface area contributed by atoms with Crippen LogP contribution in [0.4, 0.5) is 14.6 Å². The molecule has 0 aliphatic carbocycles. The average molecular weight is 561 g/mol. The van der Waals surface area contributed by atoms with Crippen molar-refractivity contribution in [3.8, 4) is 22.6 Å². The van der Waals surface area contributed by atoms with Crippen molar-refractivity contribution < 1.29 is 18.7 Å². The Morgan fingerprint density at radius 1 is 1.20 bits per heavy atom. The lowest BCUT2D eigenvalue weighted by atomic mass is 10.0. The number of carbonyl (C=O) groups excluding carboxylic acids is 1. The molecule has 5 rings (SSSR count). The number of phenols is 1. The lowest BCUT2D eigenvalue weighted by Gasteiger charge is -2.40. The van der Waals surface area contributed by atoms with Crippen molar-refractivity contribution in [3.63, 3.8) is 0 Å². The summed E-state index contributed by atoms with van der Waals surface area (Å²) in [4.78, 5) is 42.7. The Bertz CT molecular complexity index is 1730. The molecule has 1 aliphatic heterocycles. The van der Waals surface area contributed by atoms with Gasteiger partial charge in [-0.25, -0.2) is 14.2 Å². The van der Waals surface area contributed by atoms with Gasteiger partial charge in [-0.1, -0.05) is 26.5 Å². The monoisotopic (exact) mass is 560 g/mol. The van der Waals surface area contributed by atoms with Gasteiger partial charge in [0.1, 0.15) is 17.1 Å². The molecule has 0 unspecified atom stereocenters. The molecule has 9 nitrogen and oxygen atoms in total. The third kappa shape index (κ3) is 4.81. The average Bonchev–Trinajstić information content (AvgIpc) is 2.93. The first-order chi connectivity index (χ1) is 19.5. The number of aromatic nitrogens is 4. The first-order valence-corrected chi connectivity index (χ1v) is 13.3. The molecule has 1 atom stereocenters. The van der Waals surface area contributed by atoms with E-state index >= 15 is 4.39 Å². The molecule has 0 radical (unpaired) electrons. The number of aromatic hydroxyl groups is 1. The number of nitrogens with zero attached hydrogens (tertiary/aromatic N) is 6. The van der Waals surface area contributed by atoms with E-state index < -0.39 is 23.2 Å². The van der Waals surface area contributed by atoms with Crippen molar-refractivity contribution in [3.05, 3.63) is 82.7 Å². The first kappa shape index (κ1) is 27.9. The maximum absolute atomic E-state index is 15.7. The Morgan fingerprint density at radius 3 is 2.61 bits per heavy atom. The van der Waals surface area contributed by atoms with Gasteiger partial charge in [-0.3, -0.25) is 14.3 Å². The van der Waals surface area contributed by atoms with Crippen molar-refractivity contribution in [2.75, 3.05) is 24.5 Å². The van der Waals surface area contributed by atoms with E-state index in [0.717, 1.165) is 11.6 Å². The molecule has 0 saturated carbocycles. The second-order valence-electron chi connectivity index (χ2n) is 10.4. The largest absolute Gasteiger partial charge is 0.507 e. The van der Waals surface area contributed by atoms with Gasteiger partial charge in [0.2, 0.25) is 11.9 Å². The van der Waals surface area contributed by atoms with Gasteiger partial charge in [0.25, 0.3) is 0 Å². The number of piperazine rings is 1. The number of carbonyl (C=O) groups is 1. The van der Waals surface area contributed by atoms with Crippen molar-refractivity contribution in [1.29, 1.82) is 0 Å². The number of anilines is 1. The van der Waals surface area contributed by atoms with E-state index in [0.29, 0.717) is 31.0 Å². The number of benzene rings is 1. The molecular weight excluding hydrogens is 530 g/mol. The molecule has 0 bridgehead atoms. The minimum Gasteiger partial charge on any atom is -0.507 e. The van der Waals surface area contributed by atoms with Crippen LogP contribution in [0.5, 0.6) is 5.75 Å². The van der Waals surface area contributed by atoms with Gasteiger partial charge >= 0.3 is 5.69 Å². The smallest absolute Gasteiger partial charge is 0.354 e. The summed E-state index contributed by atoms with van der Waals surface area (Å²) in [5.74, 6) is -2.49. The lowest BCUT2D eigenvalue weighted by Crippen LogP contribution is -2.54. The van der Waals surface area contributed by atoms with E-state index in [-0.39, 0.29) is 45.8 Å². The third-order valence-electron chi connectivity index (χ3n) is 7.37. The number of hydrogen-bond donors (Lipinski definition) is 1. The number of rotatable bonds is 5. The van der Waals surface area contributed by atoms with Crippen molar-refractivity contribution in [2.24, 2.45) is 0 Å². The van der Waals surface area contributed by atoms with E-state index in [4.69, 9.17) is 0 Å². The Kier molecular flexibility index (Phi) is 7.29. The summed E-state index contributed by atoms with van der Waals surface area (Å²) in [5.41, 5.74) is 0.749. The minimum atomic E-state index is -1.04. The summed E-state index contributed by atoms with van der Waals surface area (Å²) in [6.45, 7) is 12.1. The topological polar surface area (TPSA) is 104 Å². The number of fused-ring (bicyclic) bond motifs is 1. The number of phenolic OH excluding ortho intramolecular Hbond substituents is 1. The summed E-state index contributed by atoms with van der Waals surface area (Å²) in [5, 5.41) is 10.5. The van der Waals surface area contributed by atoms with Crippen LogP contribution in [0.3, 0.4) is 0 Å². The molecule has 1 aromatic carbocycles. The van der Waals surface area contributed by atoms with Gasteiger partial charge in [-0.15, -0.1) is 0 Å². The number of halogens is 2.